The summed E-state index contributed by atoms with van der Waals surface area (Å²) in [6.45, 7) is 0.600. The first-order valence-corrected chi connectivity index (χ1v) is 8.27. The van der Waals surface area contributed by atoms with Crippen molar-refractivity contribution >= 4 is 17.8 Å². The van der Waals surface area contributed by atoms with Crippen LogP contribution < -0.4 is 10.6 Å². The summed E-state index contributed by atoms with van der Waals surface area (Å²) in [6, 6.07) is 12.4. The van der Waals surface area contributed by atoms with Crippen molar-refractivity contribution in [2.75, 3.05) is 19.6 Å². The Balaban J connectivity index is 1.40. The molecule has 1 heterocycles. The van der Waals surface area contributed by atoms with Gasteiger partial charge in [-0.05, 0) is 36.2 Å². The molecule has 0 spiro atoms. The lowest BCUT2D eigenvalue weighted by atomic mass is 10.1. The highest BCUT2D eigenvalue weighted by Gasteiger charge is 2.34. The summed E-state index contributed by atoms with van der Waals surface area (Å²) in [4.78, 5) is 37.3. The summed E-state index contributed by atoms with van der Waals surface area (Å²) < 4.78 is 13.1. The highest BCUT2D eigenvalue weighted by molar-refractivity contribution is 6.21. The van der Waals surface area contributed by atoms with Gasteiger partial charge in [-0.25, -0.2) is 9.18 Å². The fourth-order valence-electron chi connectivity index (χ4n) is 2.80. The summed E-state index contributed by atoms with van der Waals surface area (Å²) in [5.74, 6) is -1.01. The predicted molar refractivity (Wildman–Crippen MR) is 93.3 cm³/mol. The van der Waals surface area contributed by atoms with Crippen LogP contribution in [0.15, 0.2) is 48.5 Å². The molecular formula is C19H18FN3O3. The Kier molecular flexibility index (Phi) is 5.26. The molecule has 1 aliphatic heterocycles. The van der Waals surface area contributed by atoms with E-state index < -0.39 is 6.03 Å². The van der Waals surface area contributed by atoms with Crippen molar-refractivity contribution in [2.24, 2.45) is 0 Å². The minimum absolute atomic E-state index is 0.101. The summed E-state index contributed by atoms with van der Waals surface area (Å²) in [5.41, 5.74) is 1.56. The number of hydrogen-bond donors (Lipinski definition) is 2. The van der Waals surface area contributed by atoms with Gasteiger partial charge < -0.3 is 10.6 Å². The van der Waals surface area contributed by atoms with Crippen LogP contribution in [0.25, 0.3) is 0 Å². The van der Waals surface area contributed by atoms with Crippen LogP contribution in [-0.2, 0) is 6.42 Å². The monoisotopic (exact) mass is 355 g/mol. The number of nitrogens with one attached hydrogen (secondary N) is 2. The molecule has 0 bridgehead atoms. The Morgan fingerprint density at radius 3 is 2.23 bits per heavy atom. The number of benzene rings is 2. The third-order valence-electron chi connectivity index (χ3n) is 4.09. The summed E-state index contributed by atoms with van der Waals surface area (Å²) in [6.07, 6.45) is 0.504. The second-order valence-electron chi connectivity index (χ2n) is 5.87. The van der Waals surface area contributed by atoms with Gasteiger partial charge in [0.15, 0.2) is 0 Å². The summed E-state index contributed by atoms with van der Waals surface area (Å²) in [7, 11) is 0. The van der Waals surface area contributed by atoms with Crippen LogP contribution in [0.3, 0.4) is 0 Å². The average Bonchev–Trinajstić information content (AvgIpc) is 2.87. The van der Waals surface area contributed by atoms with E-state index in [1.807, 2.05) is 0 Å². The molecule has 1 aliphatic rings. The Morgan fingerprint density at radius 1 is 0.923 bits per heavy atom. The molecule has 0 radical (unpaired) electrons. The number of rotatable bonds is 6. The highest BCUT2D eigenvalue weighted by atomic mass is 19.1. The van der Waals surface area contributed by atoms with Gasteiger partial charge in [0.1, 0.15) is 5.82 Å². The highest BCUT2D eigenvalue weighted by Crippen LogP contribution is 2.21. The molecule has 2 N–H and O–H groups in total. The molecule has 0 aromatic heterocycles. The first-order chi connectivity index (χ1) is 12.6. The molecule has 3 rings (SSSR count). The number of carbonyl (C=O) groups is 3. The zero-order chi connectivity index (χ0) is 18.5. The third-order valence-corrected chi connectivity index (χ3v) is 4.09. The number of carbonyl (C=O) groups excluding carboxylic acids is 3. The Morgan fingerprint density at radius 2 is 1.58 bits per heavy atom. The average molecular weight is 355 g/mol. The van der Waals surface area contributed by atoms with Crippen LogP contribution >= 0.6 is 0 Å². The van der Waals surface area contributed by atoms with Crippen LogP contribution in [0.5, 0.6) is 0 Å². The Hall–Kier alpha value is -3.22. The van der Waals surface area contributed by atoms with Crippen LogP contribution in [0.1, 0.15) is 26.3 Å². The fourth-order valence-corrected chi connectivity index (χ4v) is 2.80. The molecule has 0 atom stereocenters. The van der Waals surface area contributed by atoms with Crippen molar-refractivity contribution in [3.05, 3.63) is 71.0 Å². The van der Waals surface area contributed by atoms with Crippen LogP contribution in [0.2, 0.25) is 0 Å². The molecule has 0 aliphatic carbocycles. The molecule has 6 nitrogen and oxygen atoms in total. The van der Waals surface area contributed by atoms with Gasteiger partial charge in [0.2, 0.25) is 0 Å². The van der Waals surface area contributed by atoms with Gasteiger partial charge in [-0.2, -0.15) is 0 Å². The minimum Gasteiger partial charge on any atom is -0.338 e. The minimum atomic E-state index is -0.405. The molecule has 0 saturated carbocycles. The largest absolute Gasteiger partial charge is 0.338 e. The molecule has 0 fully saturated rings. The summed E-state index contributed by atoms with van der Waals surface area (Å²) in [5, 5.41) is 5.26. The van der Waals surface area contributed by atoms with Crippen molar-refractivity contribution in [1.82, 2.24) is 15.5 Å². The molecule has 2 aromatic rings. The van der Waals surface area contributed by atoms with Crippen molar-refractivity contribution in [1.29, 1.82) is 0 Å². The van der Waals surface area contributed by atoms with Gasteiger partial charge >= 0.3 is 6.03 Å². The van der Waals surface area contributed by atoms with Gasteiger partial charge in [-0.1, -0.05) is 24.3 Å². The standard InChI is InChI=1S/C19H18FN3O3/c20-14-5-3-4-13(12-14)8-9-21-19(26)22-10-11-23-17(24)15-6-1-2-7-16(15)18(23)25/h1-7,12H,8-11H2,(H2,21,22,26). The van der Waals surface area contributed by atoms with Gasteiger partial charge in [-0.3, -0.25) is 14.5 Å². The maximum atomic E-state index is 13.1. The number of imide groups is 1. The van der Waals surface area contributed by atoms with Crippen LogP contribution in [0.4, 0.5) is 9.18 Å². The molecule has 0 saturated heterocycles. The van der Waals surface area contributed by atoms with Crippen molar-refractivity contribution in [3.63, 3.8) is 0 Å². The number of urea groups is 1. The topological polar surface area (TPSA) is 78.5 Å². The molecule has 134 valence electrons. The van der Waals surface area contributed by atoms with Crippen LogP contribution in [-0.4, -0.2) is 42.4 Å². The van der Waals surface area contributed by atoms with E-state index >= 15 is 0 Å². The lowest BCUT2D eigenvalue weighted by Crippen LogP contribution is -2.42. The number of fused-ring (bicyclic) bond motifs is 1. The SMILES string of the molecule is O=C(NCCc1cccc(F)c1)NCCN1C(=O)c2ccccc2C1=O. The van der Waals surface area contributed by atoms with Gasteiger partial charge in [-0.15, -0.1) is 0 Å². The molecule has 0 unspecified atom stereocenters. The Labute approximate surface area is 150 Å². The maximum absolute atomic E-state index is 13.1. The molecule has 4 amide bonds. The van der Waals surface area contributed by atoms with E-state index in [9.17, 15) is 18.8 Å². The molecular weight excluding hydrogens is 337 g/mol. The Bertz CT molecular complexity index is 818. The van der Waals surface area contributed by atoms with E-state index in [0.29, 0.717) is 24.1 Å². The van der Waals surface area contributed by atoms with E-state index in [2.05, 4.69) is 10.6 Å². The zero-order valence-electron chi connectivity index (χ0n) is 14.0. The fraction of sp³-hybridized carbons (Fsp3) is 0.211. The van der Waals surface area contributed by atoms with E-state index in [-0.39, 0.29) is 30.7 Å². The zero-order valence-corrected chi connectivity index (χ0v) is 14.0. The van der Waals surface area contributed by atoms with Gasteiger partial charge in [0.25, 0.3) is 11.8 Å². The smallest absolute Gasteiger partial charge is 0.314 e. The van der Waals surface area contributed by atoms with Gasteiger partial charge in [0, 0.05) is 19.6 Å². The normalized spacial score (nSPS) is 12.9. The quantitative estimate of drug-likeness (QED) is 0.778. The molecule has 7 heteroatoms. The van der Waals surface area contributed by atoms with E-state index in [4.69, 9.17) is 0 Å². The third kappa shape index (κ3) is 3.88. The first-order valence-electron chi connectivity index (χ1n) is 8.27. The number of hydrogen-bond acceptors (Lipinski definition) is 3. The number of halogens is 1. The first kappa shape index (κ1) is 17.6. The van der Waals surface area contributed by atoms with Crippen molar-refractivity contribution in [2.45, 2.75) is 6.42 Å². The van der Waals surface area contributed by atoms with E-state index in [0.717, 1.165) is 10.5 Å². The maximum Gasteiger partial charge on any atom is 0.314 e. The predicted octanol–water partition coefficient (Wildman–Crippen LogP) is 1.96. The van der Waals surface area contributed by atoms with Crippen molar-refractivity contribution < 1.29 is 18.8 Å². The number of nitrogens with zero attached hydrogens (tertiary/aromatic N) is 1. The lowest BCUT2D eigenvalue weighted by molar-refractivity contribution is 0.0656. The van der Waals surface area contributed by atoms with Crippen molar-refractivity contribution in [3.8, 4) is 0 Å². The lowest BCUT2D eigenvalue weighted by Gasteiger charge is -2.14. The van der Waals surface area contributed by atoms with Gasteiger partial charge in [0.05, 0.1) is 11.1 Å². The van der Waals surface area contributed by atoms with E-state index in [1.54, 1.807) is 36.4 Å². The van der Waals surface area contributed by atoms with E-state index in [1.165, 1.54) is 12.1 Å². The molecule has 26 heavy (non-hydrogen) atoms. The molecule has 2 aromatic carbocycles. The second-order valence-corrected chi connectivity index (χ2v) is 5.87. The summed E-state index contributed by atoms with van der Waals surface area (Å²) >= 11 is 0. The van der Waals surface area contributed by atoms with Crippen LogP contribution in [0, 0.1) is 5.82 Å². The number of amides is 4. The second kappa shape index (κ2) is 7.77.